The molecule has 0 fully saturated rings. The van der Waals surface area contributed by atoms with Gasteiger partial charge in [-0.3, -0.25) is 0 Å². The Labute approximate surface area is 109 Å². The van der Waals surface area contributed by atoms with E-state index in [1.807, 2.05) is 6.07 Å². The summed E-state index contributed by atoms with van der Waals surface area (Å²) in [6, 6.07) is 7.58. The highest BCUT2D eigenvalue weighted by atomic mass is 28.4. The number of rotatable bonds is 5. The van der Waals surface area contributed by atoms with Crippen molar-refractivity contribution < 1.29 is 13.9 Å². The summed E-state index contributed by atoms with van der Waals surface area (Å²) < 4.78 is 16.2. The molecule has 0 amide bonds. The molecule has 0 aliphatic heterocycles. The molecule has 1 atom stereocenters. The van der Waals surface area contributed by atoms with Gasteiger partial charge in [-0.2, -0.15) is 5.26 Å². The smallest absolute Gasteiger partial charge is 0.186 e. The van der Waals surface area contributed by atoms with Gasteiger partial charge in [0.15, 0.2) is 25.9 Å². The second kappa shape index (κ2) is 5.89. The number of nitrogens with zero attached hydrogens (tertiary/aromatic N) is 1. The Morgan fingerprint density at radius 2 is 1.72 bits per heavy atom. The molecule has 0 N–H and O–H groups in total. The summed E-state index contributed by atoms with van der Waals surface area (Å²) in [5.41, 5.74) is 0.789. The molecule has 1 aromatic carbocycles. The fourth-order valence-corrected chi connectivity index (χ4v) is 2.43. The summed E-state index contributed by atoms with van der Waals surface area (Å²) in [5.74, 6) is 1.25. The van der Waals surface area contributed by atoms with E-state index < -0.39 is 14.4 Å². The van der Waals surface area contributed by atoms with Gasteiger partial charge in [0.1, 0.15) is 0 Å². The van der Waals surface area contributed by atoms with Crippen molar-refractivity contribution >= 4 is 8.32 Å². The van der Waals surface area contributed by atoms with Crippen molar-refractivity contribution in [3.63, 3.8) is 0 Å². The van der Waals surface area contributed by atoms with E-state index in [1.165, 1.54) is 0 Å². The first-order chi connectivity index (χ1) is 8.41. The first kappa shape index (κ1) is 14.5. The molecule has 1 rings (SSSR count). The molecule has 0 aliphatic carbocycles. The van der Waals surface area contributed by atoms with Gasteiger partial charge in [-0.05, 0) is 37.3 Å². The normalized spacial score (nSPS) is 12.7. The average Bonchev–Trinajstić information content (AvgIpc) is 2.34. The van der Waals surface area contributed by atoms with Gasteiger partial charge in [0.25, 0.3) is 0 Å². The van der Waals surface area contributed by atoms with E-state index in [4.69, 9.17) is 13.9 Å². The van der Waals surface area contributed by atoms with Crippen LogP contribution in [0.4, 0.5) is 0 Å². The molecule has 0 saturated heterocycles. The van der Waals surface area contributed by atoms with Crippen LogP contribution in [0.3, 0.4) is 0 Å². The van der Waals surface area contributed by atoms with Crippen molar-refractivity contribution in [2.75, 3.05) is 14.2 Å². The van der Waals surface area contributed by atoms with Crippen LogP contribution in [0.2, 0.25) is 19.6 Å². The highest BCUT2D eigenvalue weighted by Crippen LogP contribution is 2.31. The zero-order valence-corrected chi connectivity index (χ0v) is 12.5. The Balaban J connectivity index is 3.05. The van der Waals surface area contributed by atoms with Crippen molar-refractivity contribution in [1.29, 1.82) is 5.26 Å². The van der Waals surface area contributed by atoms with Crippen LogP contribution in [-0.2, 0) is 4.43 Å². The van der Waals surface area contributed by atoms with Crippen LogP contribution in [0, 0.1) is 11.3 Å². The first-order valence-corrected chi connectivity index (χ1v) is 9.11. The highest BCUT2D eigenvalue weighted by molar-refractivity contribution is 6.69. The molecule has 0 heterocycles. The lowest BCUT2D eigenvalue weighted by Gasteiger charge is -2.22. The maximum absolute atomic E-state index is 9.21. The van der Waals surface area contributed by atoms with Crippen molar-refractivity contribution in [1.82, 2.24) is 0 Å². The minimum Gasteiger partial charge on any atom is -0.493 e. The third-order valence-electron chi connectivity index (χ3n) is 2.30. The first-order valence-electron chi connectivity index (χ1n) is 5.70. The minimum absolute atomic E-state index is 0.559. The standard InChI is InChI=1S/C13H19NO3Si/c1-15-11-7-6-10(8-12(11)16-2)13(9-14)17-18(3,4)5/h6-8,13H,1-5H3/t13-/m1/s1. The van der Waals surface area contributed by atoms with Crippen LogP contribution in [0.15, 0.2) is 18.2 Å². The van der Waals surface area contributed by atoms with Crippen molar-refractivity contribution in [2.24, 2.45) is 0 Å². The molecule has 4 nitrogen and oxygen atoms in total. The number of hydrogen-bond acceptors (Lipinski definition) is 4. The second-order valence-electron chi connectivity index (χ2n) is 4.85. The molecule has 1 aromatic rings. The van der Waals surface area contributed by atoms with Gasteiger partial charge in [0.2, 0.25) is 0 Å². The molecule has 0 aromatic heterocycles. The van der Waals surface area contributed by atoms with E-state index in [-0.39, 0.29) is 0 Å². The molecule has 0 spiro atoms. The lowest BCUT2D eigenvalue weighted by Crippen LogP contribution is -2.27. The molecule has 0 radical (unpaired) electrons. The van der Waals surface area contributed by atoms with Gasteiger partial charge in [0, 0.05) is 0 Å². The topological polar surface area (TPSA) is 51.5 Å². The number of hydrogen-bond donors (Lipinski definition) is 0. The van der Waals surface area contributed by atoms with Gasteiger partial charge in [-0.15, -0.1) is 0 Å². The van der Waals surface area contributed by atoms with Gasteiger partial charge >= 0.3 is 0 Å². The fourth-order valence-electron chi connectivity index (χ4n) is 1.54. The molecular formula is C13H19NO3Si. The Kier molecular flexibility index (Phi) is 4.76. The Bertz CT molecular complexity index is 449. The van der Waals surface area contributed by atoms with E-state index in [2.05, 4.69) is 25.7 Å². The zero-order valence-electron chi connectivity index (χ0n) is 11.5. The van der Waals surface area contributed by atoms with Crippen molar-refractivity contribution in [3.8, 4) is 17.6 Å². The molecule has 5 heteroatoms. The van der Waals surface area contributed by atoms with Gasteiger partial charge < -0.3 is 13.9 Å². The van der Waals surface area contributed by atoms with Crippen LogP contribution >= 0.6 is 0 Å². The van der Waals surface area contributed by atoms with E-state index in [0.717, 1.165) is 5.56 Å². The summed E-state index contributed by atoms with van der Waals surface area (Å²) in [6.45, 7) is 6.16. The van der Waals surface area contributed by atoms with Crippen LogP contribution < -0.4 is 9.47 Å². The van der Waals surface area contributed by atoms with E-state index in [1.54, 1.807) is 26.4 Å². The quantitative estimate of drug-likeness (QED) is 0.768. The van der Waals surface area contributed by atoms with Crippen molar-refractivity contribution in [3.05, 3.63) is 23.8 Å². The summed E-state index contributed by atoms with van der Waals surface area (Å²) in [6.07, 6.45) is -0.559. The maximum atomic E-state index is 9.21. The summed E-state index contributed by atoms with van der Waals surface area (Å²) >= 11 is 0. The van der Waals surface area contributed by atoms with Crippen LogP contribution in [0.5, 0.6) is 11.5 Å². The number of ether oxygens (including phenoxy) is 2. The predicted molar refractivity (Wildman–Crippen MR) is 72.3 cm³/mol. The molecule has 0 saturated carbocycles. The summed E-state index contributed by atoms with van der Waals surface area (Å²) in [4.78, 5) is 0. The minimum atomic E-state index is -1.77. The molecule has 0 unspecified atom stereocenters. The van der Waals surface area contributed by atoms with Crippen LogP contribution in [0.1, 0.15) is 11.7 Å². The largest absolute Gasteiger partial charge is 0.493 e. The van der Waals surface area contributed by atoms with E-state index >= 15 is 0 Å². The molecular weight excluding hydrogens is 246 g/mol. The van der Waals surface area contributed by atoms with E-state index in [0.29, 0.717) is 11.5 Å². The monoisotopic (exact) mass is 265 g/mol. The van der Waals surface area contributed by atoms with Gasteiger partial charge in [-0.1, -0.05) is 6.07 Å². The third kappa shape index (κ3) is 3.76. The lowest BCUT2D eigenvalue weighted by molar-refractivity contribution is 0.254. The molecule has 98 valence electrons. The number of nitriles is 1. The third-order valence-corrected chi connectivity index (χ3v) is 3.24. The number of benzene rings is 1. The second-order valence-corrected chi connectivity index (χ2v) is 9.31. The van der Waals surface area contributed by atoms with E-state index in [9.17, 15) is 5.26 Å². The Morgan fingerprint density at radius 1 is 1.11 bits per heavy atom. The predicted octanol–water partition coefficient (Wildman–Crippen LogP) is 3.12. The maximum Gasteiger partial charge on any atom is 0.186 e. The highest BCUT2D eigenvalue weighted by Gasteiger charge is 2.23. The lowest BCUT2D eigenvalue weighted by atomic mass is 10.1. The SMILES string of the molecule is COc1ccc([C@@H](C#N)O[Si](C)(C)C)cc1OC. The van der Waals surface area contributed by atoms with Crippen molar-refractivity contribution in [2.45, 2.75) is 25.7 Å². The molecule has 0 aliphatic rings. The zero-order chi connectivity index (χ0) is 13.8. The molecule has 0 bridgehead atoms. The fraction of sp³-hybridized carbons (Fsp3) is 0.462. The summed E-state index contributed by atoms with van der Waals surface area (Å²) in [7, 11) is 1.38. The van der Waals surface area contributed by atoms with Gasteiger partial charge in [0.05, 0.1) is 20.3 Å². The summed E-state index contributed by atoms with van der Waals surface area (Å²) in [5, 5.41) is 9.21. The number of methoxy groups -OCH3 is 2. The van der Waals surface area contributed by atoms with Crippen LogP contribution in [-0.4, -0.2) is 22.5 Å². The Morgan fingerprint density at radius 3 is 2.17 bits per heavy atom. The Hall–Kier alpha value is -1.51. The average molecular weight is 265 g/mol. The van der Waals surface area contributed by atoms with Crippen LogP contribution in [0.25, 0.3) is 0 Å². The molecule has 18 heavy (non-hydrogen) atoms. The van der Waals surface area contributed by atoms with Gasteiger partial charge in [-0.25, -0.2) is 0 Å².